The van der Waals surface area contributed by atoms with Crippen molar-refractivity contribution in [3.63, 3.8) is 0 Å². The maximum absolute atomic E-state index is 13.3. The molecule has 0 aromatic carbocycles. The lowest BCUT2D eigenvalue weighted by molar-refractivity contribution is -0.278. The van der Waals surface area contributed by atoms with E-state index < -0.39 is 101 Å². The van der Waals surface area contributed by atoms with Crippen molar-refractivity contribution in [1.29, 1.82) is 0 Å². The molecule has 3 fully saturated rings. The van der Waals surface area contributed by atoms with Crippen molar-refractivity contribution in [3.05, 3.63) is 11.6 Å². The van der Waals surface area contributed by atoms with Gasteiger partial charge >= 0.3 is 35.8 Å². The van der Waals surface area contributed by atoms with Gasteiger partial charge in [-0.1, -0.05) is 13.8 Å². The first-order valence-corrected chi connectivity index (χ1v) is 15.5. The van der Waals surface area contributed by atoms with Gasteiger partial charge < -0.3 is 38.3 Å². The standard InChI is InChI=1S/C32H44O14/c1-10-11-25(37)44-23-14-22(42-18(5)35)29(7)21(41-17(4)34)13-20(40-16(3)33)15(2)12-24-32(31(9,46-32)28(38)45-24)27(43-19(6)36)26(29)30(23,8)39/h12,20-24,26-27,39H,10-11,13-14H2,1-9H3/b15-12-/t20-,21+,22+,23-,24+,26-,27+,29+,30-,31+,32+/m1/s1. The Morgan fingerprint density at radius 1 is 0.848 bits per heavy atom. The van der Waals surface area contributed by atoms with Crippen LogP contribution < -0.4 is 0 Å². The van der Waals surface area contributed by atoms with E-state index in [0.717, 1.165) is 6.92 Å². The van der Waals surface area contributed by atoms with Crippen LogP contribution in [0.5, 0.6) is 0 Å². The number of fused-ring (bicyclic) bond motifs is 1. The molecular formula is C32H44O14. The fraction of sp³-hybridized carbons (Fsp3) is 0.750. The van der Waals surface area contributed by atoms with Gasteiger partial charge in [0.2, 0.25) is 0 Å². The van der Waals surface area contributed by atoms with Crippen molar-refractivity contribution >= 4 is 35.8 Å². The monoisotopic (exact) mass is 652 g/mol. The number of epoxide rings is 1. The molecule has 1 N–H and O–H groups in total. The largest absolute Gasteiger partial charge is 0.462 e. The zero-order chi connectivity index (χ0) is 34.6. The number of hydrogen-bond acceptors (Lipinski definition) is 14. The fourth-order valence-corrected chi connectivity index (χ4v) is 7.81. The van der Waals surface area contributed by atoms with Gasteiger partial charge in [0.1, 0.15) is 36.1 Å². The van der Waals surface area contributed by atoms with Crippen LogP contribution in [0.1, 0.15) is 88.0 Å². The van der Waals surface area contributed by atoms with Gasteiger partial charge in [-0.25, -0.2) is 4.79 Å². The van der Waals surface area contributed by atoms with Gasteiger partial charge in [0.15, 0.2) is 17.3 Å². The van der Waals surface area contributed by atoms with E-state index in [2.05, 4.69) is 0 Å². The van der Waals surface area contributed by atoms with Crippen molar-refractivity contribution in [3.8, 4) is 0 Å². The minimum absolute atomic E-state index is 0.0276. The van der Waals surface area contributed by atoms with Crippen molar-refractivity contribution in [1.82, 2.24) is 0 Å². The number of carbonyl (C=O) groups excluding carboxylic acids is 6. The van der Waals surface area contributed by atoms with Crippen molar-refractivity contribution < 1.29 is 67.0 Å². The van der Waals surface area contributed by atoms with Crippen LogP contribution in [0.25, 0.3) is 0 Å². The van der Waals surface area contributed by atoms with Crippen LogP contribution in [0, 0.1) is 11.3 Å². The quantitative estimate of drug-likeness (QED) is 0.182. The zero-order valence-corrected chi connectivity index (χ0v) is 27.7. The van der Waals surface area contributed by atoms with Crippen LogP contribution >= 0.6 is 0 Å². The lowest BCUT2D eigenvalue weighted by atomic mass is 9.51. The molecular weight excluding hydrogens is 608 g/mol. The highest BCUT2D eigenvalue weighted by molar-refractivity contribution is 5.89. The maximum atomic E-state index is 13.3. The summed E-state index contributed by atoms with van der Waals surface area (Å²) in [6.45, 7) is 12.5. The van der Waals surface area contributed by atoms with Gasteiger partial charge in [0, 0.05) is 52.9 Å². The molecule has 0 bridgehead atoms. The molecule has 0 radical (unpaired) electrons. The minimum Gasteiger partial charge on any atom is -0.462 e. The summed E-state index contributed by atoms with van der Waals surface area (Å²) in [5.41, 5.74) is -6.77. The molecule has 1 saturated carbocycles. The average molecular weight is 653 g/mol. The Kier molecular flexibility index (Phi) is 9.41. The number of carbonyl (C=O) groups is 6. The van der Waals surface area contributed by atoms with E-state index in [1.54, 1.807) is 20.8 Å². The molecule has 0 aromatic rings. The molecule has 2 saturated heterocycles. The lowest BCUT2D eigenvalue weighted by Crippen LogP contribution is -2.73. The van der Waals surface area contributed by atoms with E-state index in [1.165, 1.54) is 40.7 Å². The topological polar surface area (TPSA) is 191 Å². The summed E-state index contributed by atoms with van der Waals surface area (Å²) in [7, 11) is 0. The molecule has 2 aliphatic carbocycles. The first-order valence-electron chi connectivity index (χ1n) is 15.5. The normalized spacial score (nSPS) is 42.3. The Hall–Kier alpha value is -3.52. The SMILES string of the molecule is CCCC(=O)O[C@@H]1C[C@H](OC(C)=O)[C@]2(C)[C@@H](OC(C)=O)C[C@@H](OC(C)=O)/C(C)=C\[C@@H]3OC(=O)[C@]4(C)O[C@]34[C@@H](OC(C)=O)[C@H]2[C@]1(C)O. The van der Waals surface area contributed by atoms with Gasteiger partial charge in [-0.15, -0.1) is 0 Å². The van der Waals surface area contributed by atoms with Crippen LogP contribution in [0.15, 0.2) is 11.6 Å². The first kappa shape index (κ1) is 35.3. The van der Waals surface area contributed by atoms with E-state index in [-0.39, 0.29) is 19.3 Å². The summed E-state index contributed by atoms with van der Waals surface area (Å²) in [6, 6.07) is 0. The fourth-order valence-electron chi connectivity index (χ4n) is 7.81. The van der Waals surface area contributed by atoms with E-state index in [4.69, 9.17) is 33.2 Å². The average Bonchev–Trinajstić information content (AvgIpc) is 3.50. The highest BCUT2D eigenvalue weighted by Gasteiger charge is 2.88. The van der Waals surface area contributed by atoms with Crippen molar-refractivity contribution in [2.45, 2.75) is 141 Å². The molecule has 14 nitrogen and oxygen atoms in total. The number of aliphatic hydroxyl groups is 1. The van der Waals surface area contributed by atoms with Gasteiger partial charge in [-0.05, 0) is 38.8 Å². The van der Waals surface area contributed by atoms with Crippen LogP contribution in [-0.4, -0.2) is 94.3 Å². The molecule has 14 heteroatoms. The molecule has 11 atom stereocenters. The predicted octanol–water partition coefficient (Wildman–Crippen LogP) is 2.01. The summed E-state index contributed by atoms with van der Waals surface area (Å²) < 4.78 is 41.2. The molecule has 2 heterocycles. The lowest BCUT2D eigenvalue weighted by Gasteiger charge is -2.60. The molecule has 2 aliphatic heterocycles. The molecule has 256 valence electrons. The van der Waals surface area contributed by atoms with Crippen molar-refractivity contribution in [2.75, 3.05) is 0 Å². The summed E-state index contributed by atoms with van der Waals surface area (Å²) in [6.07, 6.45) is -6.05. The van der Waals surface area contributed by atoms with E-state index in [0.29, 0.717) is 12.0 Å². The maximum Gasteiger partial charge on any atom is 0.342 e. The second-order valence-electron chi connectivity index (χ2n) is 13.3. The van der Waals surface area contributed by atoms with Crippen LogP contribution in [-0.2, 0) is 61.9 Å². The van der Waals surface area contributed by atoms with Crippen LogP contribution in [0.4, 0.5) is 0 Å². The smallest absolute Gasteiger partial charge is 0.342 e. The third-order valence-electron chi connectivity index (χ3n) is 9.91. The molecule has 0 unspecified atom stereocenters. The Balaban J connectivity index is 2.09. The summed E-state index contributed by atoms with van der Waals surface area (Å²) in [4.78, 5) is 76.7. The Labute approximate surface area is 267 Å². The molecule has 4 aliphatic rings. The Bertz CT molecular complexity index is 1340. The van der Waals surface area contributed by atoms with E-state index in [1.807, 2.05) is 0 Å². The van der Waals surface area contributed by atoms with Crippen LogP contribution in [0.2, 0.25) is 0 Å². The Morgan fingerprint density at radius 2 is 1.39 bits per heavy atom. The van der Waals surface area contributed by atoms with Crippen molar-refractivity contribution in [2.24, 2.45) is 11.3 Å². The van der Waals surface area contributed by atoms with Gasteiger partial charge in [-0.2, -0.15) is 0 Å². The second-order valence-corrected chi connectivity index (χ2v) is 13.3. The first-order chi connectivity index (χ1) is 21.2. The molecule has 0 amide bonds. The molecule has 0 aromatic heterocycles. The predicted molar refractivity (Wildman–Crippen MR) is 154 cm³/mol. The molecule has 1 spiro atoms. The van der Waals surface area contributed by atoms with Gasteiger partial charge in [0.05, 0.1) is 5.41 Å². The van der Waals surface area contributed by atoms with E-state index >= 15 is 0 Å². The third kappa shape index (κ3) is 5.78. The summed E-state index contributed by atoms with van der Waals surface area (Å²) >= 11 is 0. The summed E-state index contributed by atoms with van der Waals surface area (Å²) in [5.74, 6) is -5.75. The number of esters is 6. The number of hydrogen-bond donors (Lipinski definition) is 1. The second kappa shape index (κ2) is 12.3. The van der Waals surface area contributed by atoms with Gasteiger partial charge in [0.25, 0.3) is 0 Å². The zero-order valence-electron chi connectivity index (χ0n) is 27.7. The number of rotatable bonds is 7. The number of ether oxygens (including phenoxy) is 7. The van der Waals surface area contributed by atoms with E-state index in [9.17, 15) is 33.9 Å². The van der Waals surface area contributed by atoms with Gasteiger partial charge in [-0.3, -0.25) is 24.0 Å². The third-order valence-corrected chi connectivity index (χ3v) is 9.91. The highest BCUT2D eigenvalue weighted by atomic mass is 16.7. The minimum atomic E-state index is -2.10. The summed E-state index contributed by atoms with van der Waals surface area (Å²) in [5, 5.41) is 12.6. The highest BCUT2D eigenvalue weighted by Crippen LogP contribution is 2.66. The van der Waals surface area contributed by atoms with Crippen LogP contribution in [0.3, 0.4) is 0 Å². The Morgan fingerprint density at radius 3 is 1.89 bits per heavy atom. The molecule has 46 heavy (non-hydrogen) atoms. The molecule has 4 rings (SSSR count).